The first-order chi connectivity index (χ1) is 10.2. The van der Waals surface area contributed by atoms with Gasteiger partial charge >= 0.3 is 0 Å². The Labute approximate surface area is 124 Å². The predicted octanol–water partition coefficient (Wildman–Crippen LogP) is 1.37. The quantitative estimate of drug-likeness (QED) is 0.926. The number of aromatic nitrogens is 2. The molecule has 5 heteroatoms. The van der Waals surface area contributed by atoms with Crippen molar-refractivity contribution in [3.63, 3.8) is 0 Å². The molecule has 1 aromatic heterocycles. The van der Waals surface area contributed by atoms with Crippen LogP contribution in [0.15, 0.2) is 42.7 Å². The SMILES string of the molecule is CC1CNCCN1C(=O)c1cnn(Cc2ccccc2)c1. The summed E-state index contributed by atoms with van der Waals surface area (Å²) in [7, 11) is 0. The molecule has 1 amide bonds. The van der Waals surface area contributed by atoms with Crippen molar-refractivity contribution >= 4 is 5.91 Å². The molecule has 1 N–H and O–H groups in total. The van der Waals surface area contributed by atoms with E-state index < -0.39 is 0 Å². The molecule has 2 heterocycles. The van der Waals surface area contributed by atoms with Crippen molar-refractivity contribution in [2.75, 3.05) is 19.6 Å². The Morgan fingerprint density at radius 3 is 2.95 bits per heavy atom. The van der Waals surface area contributed by atoms with E-state index in [4.69, 9.17) is 0 Å². The third-order valence-corrected chi connectivity index (χ3v) is 3.83. The summed E-state index contributed by atoms with van der Waals surface area (Å²) in [4.78, 5) is 14.4. The normalized spacial score (nSPS) is 18.7. The maximum absolute atomic E-state index is 12.5. The van der Waals surface area contributed by atoms with Crippen LogP contribution in [0.5, 0.6) is 0 Å². The molecule has 0 radical (unpaired) electrons. The molecule has 1 aliphatic rings. The predicted molar refractivity (Wildman–Crippen MR) is 81.1 cm³/mol. The summed E-state index contributed by atoms with van der Waals surface area (Å²) in [6.45, 7) is 5.21. The van der Waals surface area contributed by atoms with Crippen molar-refractivity contribution in [1.82, 2.24) is 20.0 Å². The van der Waals surface area contributed by atoms with Crippen LogP contribution in [0.2, 0.25) is 0 Å². The van der Waals surface area contributed by atoms with E-state index in [1.807, 2.05) is 34.0 Å². The molecule has 110 valence electrons. The Morgan fingerprint density at radius 1 is 1.38 bits per heavy atom. The first-order valence-electron chi connectivity index (χ1n) is 7.32. The summed E-state index contributed by atoms with van der Waals surface area (Å²) < 4.78 is 1.81. The van der Waals surface area contributed by atoms with Gasteiger partial charge in [0, 0.05) is 31.9 Å². The second-order valence-corrected chi connectivity index (χ2v) is 5.46. The largest absolute Gasteiger partial charge is 0.333 e. The minimum absolute atomic E-state index is 0.0725. The average Bonchev–Trinajstić information content (AvgIpc) is 2.97. The van der Waals surface area contributed by atoms with Gasteiger partial charge in [-0.05, 0) is 12.5 Å². The Hall–Kier alpha value is -2.14. The standard InChI is InChI=1S/C16H20N4O/c1-13-9-17-7-8-20(13)16(21)15-10-18-19(12-15)11-14-5-3-2-4-6-14/h2-6,10,12-13,17H,7-9,11H2,1H3. The third-order valence-electron chi connectivity index (χ3n) is 3.83. The third kappa shape index (κ3) is 3.13. The first kappa shape index (κ1) is 13.8. The number of amides is 1. The zero-order chi connectivity index (χ0) is 14.7. The van der Waals surface area contributed by atoms with Gasteiger partial charge in [-0.3, -0.25) is 9.48 Å². The van der Waals surface area contributed by atoms with Crippen molar-refractivity contribution in [3.05, 3.63) is 53.9 Å². The zero-order valence-electron chi connectivity index (χ0n) is 12.2. The molecular weight excluding hydrogens is 264 g/mol. The van der Waals surface area contributed by atoms with Crippen molar-refractivity contribution in [2.24, 2.45) is 0 Å². The number of nitrogens with one attached hydrogen (secondary N) is 1. The van der Waals surface area contributed by atoms with Crippen molar-refractivity contribution in [3.8, 4) is 0 Å². The molecule has 0 aliphatic carbocycles. The van der Waals surface area contributed by atoms with Gasteiger partial charge in [0.15, 0.2) is 0 Å². The number of hydrogen-bond donors (Lipinski definition) is 1. The Morgan fingerprint density at radius 2 is 2.19 bits per heavy atom. The van der Waals surface area contributed by atoms with Gasteiger partial charge < -0.3 is 10.2 Å². The van der Waals surface area contributed by atoms with Crippen LogP contribution in [-0.2, 0) is 6.54 Å². The van der Waals surface area contributed by atoms with Crippen molar-refractivity contribution in [2.45, 2.75) is 19.5 Å². The average molecular weight is 284 g/mol. The monoisotopic (exact) mass is 284 g/mol. The van der Waals surface area contributed by atoms with Crippen LogP contribution in [0, 0.1) is 0 Å². The molecule has 21 heavy (non-hydrogen) atoms. The first-order valence-corrected chi connectivity index (χ1v) is 7.32. The van der Waals surface area contributed by atoms with Gasteiger partial charge in [-0.1, -0.05) is 30.3 Å². The minimum Gasteiger partial charge on any atom is -0.333 e. The van der Waals surface area contributed by atoms with Crippen LogP contribution in [0.1, 0.15) is 22.8 Å². The van der Waals surface area contributed by atoms with Crippen LogP contribution >= 0.6 is 0 Å². The van der Waals surface area contributed by atoms with Crippen LogP contribution < -0.4 is 5.32 Å². The molecule has 2 aromatic rings. The van der Waals surface area contributed by atoms with E-state index in [-0.39, 0.29) is 11.9 Å². The van der Waals surface area contributed by atoms with E-state index in [1.165, 1.54) is 5.56 Å². The van der Waals surface area contributed by atoms with Crippen LogP contribution in [0.25, 0.3) is 0 Å². The number of rotatable bonds is 3. The lowest BCUT2D eigenvalue weighted by molar-refractivity contribution is 0.0655. The Balaban J connectivity index is 1.71. The Kier molecular flexibility index (Phi) is 4.01. The highest BCUT2D eigenvalue weighted by atomic mass is 16.2. The smallest absolute Gasteiger partial charge is 0.257 e. The molecule has 0 bridgehead atoms. The molecule has 5 nitrogen and oxygen atoms in total. The highest BCUT2D eigenvalue weighted by Gasteiger charge is 2.24. The van der Waals surface area contributed by atoms with E-state index in [0.717, 1.165) is 19.6 Å². The van der Waals surface area contributed by atoms with Gasteiger partial charge in [0.25, 0.3) is 5.91 Å². The number of carbonyl (C=O) groups is 1. The minimum atomic E-state index is 0.0725. The molecule has 1 atom stereocenters. The lowest BCUT2D eigenvalue weighted by Gasteiger charge is -2.33. The number of carbonyl (C=O) groups excluding carboxylic acids is 1. The highest BCUT2D eigenvalue weighted by Crippen LogP contribution is 2.11. The fourth-order valence-corrected chi connectivity index (χ4v) is 2.64. The summed E-state index contributed by atoms with van der Waals surface area (Å²) in [5.41, 5.74) is 1.84. The van der Waals surface area contributed by atoms with E-state index in [2.05, 4.69) is 29.5 Å². The maximum Gasteiger partial charge on any atom is 0.257 e. The van der Waals surface area contributed by atoms with E-state index in [1.54, 1.807) is 6.20 Å². The van der Waals surface area contributed by atoms with Gasteiger partial charge in [0.1, 0.15) is 0 Å². The van der Waals surface area contributed by atoms with Crippen molar-refractivity contribution in [1.29, 1.82) is 0 Å². The van der Waals surface area contributed by atoms with Gasteiger partial charge in [-0.15, -0.1) is 0 Å². The van der Waals surface area contributed by atoms with E-state index >= 15 is 0 Å². The lowest BCUT2D eigenvalue weighted by atomic mass is 10.2. The summed E-state index contributed by atoms with van der Waals surface area (Å²) in [6, 6.07) is 10.3. The summed E-state index contributed by atoms with van der Waals surface area (Å²) in [6.07, 6.45) is 3.50. The molecule has 0 spiro atoms. The van der Waals surface area contributed by atoms with Crippen molar-refractivity contribution < 1.29 is 4.79 Å². The molecule has 1 unspecified atom stereocenters. The van der Waals surface area contributed by atoms with Gasteiger partial charge in [0.05, 0.1) is 18.3 Å². The lowest BCUT2D eigenvalue weighted by Crippen LogP contribution is -2.52. The number of hydrogen-bond acceptors (Lipinski definition) is 3. The van der Waals surface area contributed by atoms with Gasteiger partial charge in [-0.2, -0.15) is 5.10 Å². The molecule has 1 aliphatic heterocycles. The molecule has 1 aromatic carbocycles. The fraction of sp³-hybridized carbons (Fsp3) is 0.375. The molecule has 3 rings (SSSR count). The number of piperazine rings is 1. The summed E-state index contributed by atoms with van der Waals surface area (Å²) in [5, 5.41) is 7.60. The molecule has 1 saturated heterocycles. The molecular formula is C16H20N4O. The summed E-state index contributed by atoms with van der Waals surface area (Å²) >= 11 is 0. The van der Waals surface area contributed by atoms with Crippen LogP contribution in [0.4, 0.5) is 0 Å². The second-order valence-electron chi connectivity index (χ2n) is 5.46. The maximum atomic E-state index is 12.5. The highest BCUT2D eigenvalue weighted by molar-refractivity contribution is 5.94. The van der Waals surface area contributed by atoms with Crippen LogP contribution in [0.3, 0.4) is 0 Å². The molecule has 1 fully saturated rings. The number of nitrogens with zero attached hydrogens (tertiary/aromatic N) is 3. The second kappa shape index (κ2) is 6.10. The number of benzene rings is 1. The molecule has 0 saturated carbocycles. The van der Waals surface area contributed by atoms with E-state index in [9.17, 15) is 4.79 Å². The van der Waals surface area contributed by atoms with Crippen LogP contribution in [-0.4, -0.2) is 46.3 Å². The van der Waals surface area contributed by atoms with Gasteiger partial charge in [0.2, 0.25) is 0 Å². The zero-order valence-corrected chi connectivity index (χ0v) is 12.2. The Bertz CT molecular complexity index is 608. The van der Waals surface area contributed by atoms with E-state index in [0.29, 0.717) is 12.1 Å². The fourth-order valence-electron chi connectivity index (χ4n) is 2.64. The topological polar surface area (TPSA) is 50.2 Å². The summed E-state index contributed by atoms with van der Waals surface area (Å²) in [5.74, 6) is 0.0725. The van der Waals surface area contributed by atoms with Gasteiger partial charge in [-0.25, -0.2) is 0 Å².